The Kier molecular flexibility index (Phi) is 10.7. The molecular weight excluding hydrogens is 598 g/mol. The van der Waals surface area contributed by atoms with E-state index in [2.05, 4.69) is 39.4 Å². The fraction of sp³-hybridized carbons (Fsp3) is 0.364. The normalized spacial score (nSPS) is 17.7. The Hall–Kier alpha value is -3.70. The molecule has 0 radical (unpaired) electrons. The van der Waals surface area contributed by atoms with Crippen LogP contribution in [-0.4, -0.2) is 91.2 Å². The SMILES string of the molecule is COc1ccc(NC(=O)C[C@@H]2C(=O)N(c3ccc(OC)c(Cl)c3)C(=S)N2CCCN2CCN(Cc3ccccc3)CC2)cc1. The summed E-state index contributed by atoms with van der Waals surface area (Å²) in [4.78, 5) is 35.3. The van der Waals surface area contributed by atoms with Crippen LogP contribution in [0, 0.1) is 0 Å². The van der Waals surface area contributed by atoms with E-state index in [-0.39, 0.29) is 18.2 Å². The fourth-order valence-electron chi connectivity index (χ4n) is 5.66. The minimum atomic E-state index is -0.732. The zero-order chi connectivity index (χ0) is 31.1. The summed E-state index contributed by atoms with van der Waals surface area (Å²) in [6.07, 6.45) is 0.767. The highest BCUT2D eigenvalue weighted by atomic mass is 35.5. The smallest absolute Gasteiger partial charge is 0.256 e. The van der Waals surface area contributed by atoms with Gasteiger partial charge in [-0.05, 0) is 73.2 Å². The molecule has 2 aliphatic heterocycles. The van der Waals surface area contributed by atoms with E-state index in [1.165, 1.54) is 17.6 Å². The van der Waals surface area contributed by atoms with Crippen molar-refractivity contribution in [3.63, 3.8) is 0 Å². The van der Waals surface area contributed by atoms with Crippen LogP contribution in [0.4, 0.5) is 11.4 Å². The first-order valence-electron chi connectivity index (χ1n) is 14.8. The van der Waals surface area contributed by atoms with Crippen molar-refractivity contribution in [2.75, 3.05) is 63.7 Å². The molecule has 0 saturated carbocycles. The molecule has 5 rings (SSSR count). The first kappa shape index (κ1) is 31.7. The standard InChI is InChI=1S/C33H38ClN5O4S/c1-42-27-12-9-25(10-13-27)35-31(40)22-29-32(41)39(26-11-14-30(43-2)28(34)21-26)33(44)38(29)16-6-15-36-17-19-37(20-18-36)23-24-7-4-3-5-8-24/h3-5,7-14,21,29H,6,15-20,22-23H2,1-2H3,(H,35,40)/t29-/m1/s1. The van der Waals surface area contributed by atoms with Gasteiger partial charge >= 0.3 is 0 Å². The topological polar surface area (TPSA) is 77.6 Å². The van der Waals surface area contributed by atoms with Crippen molar-refractivity contribution in [1.82, 2.24) is 14.7 Å². The van der Waals surface area contributed by atoms with E-state index in [4.69, 9.17) is 33.3 Å². The Balaban J connectivity index is 1.23. The Labute approximate surface area is 269 Å². The number of nitrogens with one attached hydrogen (secondary N) is 1. The Morgan fingerprint density at radius 2 is 1.64 bits per heavy atom. The third-order valence-electron chi connectivity index (χ3n) is 8.05. The summed E-state index contributed by atoms with van der Waals surface area (Å²) >= 11 is 12.2. The summed E-state index contributed by atoms with van der Waals surface area (Å²) in [7, 11) is 3.12. The van der Waals surface area contributed by atoms with Gasteiger partial charge in [0.25, 0.3) is 5.91 Å². The average Bonchev–Trinajstić information content (AvgIpc) is 3.26. The predicted molar refractivity (Wildman–Crippen MR) is 178 cm³/mol. The summed E-state index contributed by atoms with van der Waals surface area (Å²) < 4.78 is 10.5. The second-order valence-electron chi connectivity index (χ2n) is 10.9. The molecular formula is C33H38ClN5O4S. The number of piperazine rings is 1. The van der Waals surface area contributed by atoms with Crippen molar-refractivity contribution in [3.05, 3.63) is 83.4 Å². The number of nitrogens with zero attached hydrogens (tertiary/aromatic N) is 4. The van der Waals surface area contributed by atoms with E-state index in [0.29, 0.717) is 39.6 Å². The Morgan fingerprint density at radius 1 is 0.932 bits per heavy atom. The van der Waals surface area contributed by atoms with Crippen molar-refractivity contribution in [3.8, 4) is 11.5 Å². The molecule has 0 aliphatic carbocycles. The van der Waals surface area contributed by atoms with Crippen molar-refractivity contribution < 1.29 is 19.1 Å². The molecule has 44 heavy (non-hydrogen) atoms. The zero-order valence-electron chi connectivity index (χ0n) is 25.1. The summed E-state index contributed by atoms with van der Waals surface area (Å²) in [5.74, 6) is 0.669. The Morgan fingerprint density at radius 3 is 2.30 bits per heavy atom. The van der Waals surface area contributed by atoms with Crippen LogP contribution in [0.5, 0.6) is 11.5 Å². The lowest BCUT2D eigenvalue weighted by Gasteiger charge is -2.35. The third-order valence-corrected chi connectivity index (χ3v) is 8.76. The molecule has 232 valence electrons. The molecule has 1 atom stereocenters. The molecule has 2 fully saturated rings. The molecule has 0 spiro atoms. The monoisotopic (exact) mass is 635 g/mol. The number of hydrogen-bond donors (Lipinski definition) is 1. The molecule has 0 aromatic heterocycles. The second-order valence-corrected chi connectivity index (χ2v) is 11.7. The van der Waals surface area contributed by atoms with Crippen LogP contribution in [0.25, 0.3) is 0 Å². The molecule has 2 heterocycles. The van der Waals surface area contributed by atoms with E-state index in [1.807, 2.05) is 11.0 Å². The molecule has 1 N–H and O–H groups in total. The van der Waals surface area contributed by atoms with Gasteiger partial charge in [0.15, 0.2) is 5.11 Å². The minimum Gasteiger partial charge on any atom is -0.497 e. The maximum atomic E-state index is 13.8. The fourth-order valence-corrected chi connectivity index (χ4v) is 6.32. The number of halogens is 1. The molecule has 3 aromatic rings. The van der Waals surface area contributed by atoms with Crippen LogP contribution in [0.3, 0.4) is 0 Å². The van der Waals surface area contributed by atoms with Crippen LogP contribution in [-0.2, 0) is 16.1 Å². The number of ether oxygens (including phenoxy) is 2. The van der Waals surface area contributed by atoms with Crippen molar-refractivity contribution in [1.29, 1.82) is 0 Å². The van der Waals surface area contributed by atoms with Crippen LogP contribution >= 0.6 is 23.8 Å². The van der Waals surface area contributed by atoms with E-state index in [1.54, 1.807) is 49.6 Å². The van der Waals surface area contributed by atoms with E-state index < -0.39 is 6.04 Å². The predicted octanol–water partition coefficient (Wildman–Crippen LogP) is 4.90. The lowest BCUT2D eigenvalue weighted by molar-refractivity contribution is -0.124. The van der Waals surface area contributed by atoms with Gasteiger partial charge in [-0.25, -0.2) is 0 Å². The van der Waals surface area contributed by atoms with Crippen molar-refractivity contribution in [2.45, 2.75) is 25.4 Å². The van der Waals surface area contributed by atoms with Gasteiger partial charge in [-0.15, -0.1) is 0 Å². The zero-order valence-corrected chi connectivity index (χ0v) is 26.7. The molecule has 2 amide bonds. The van der Waals surface area contributed by atoms with Gasteiger partial charge in [0.1, 0.15) is 17.5 Å². The number of amides is 2. The first-order chi connectivity index (χ1) is 21.4. The molecule has 2 saturated heterocycles. The molecule has 9 nitrogen and oxygen atoms in total. The number of hydrogen-bond acceptors (Lipinski definition) is 7. The summed E-state index contributed by atoms with van der Waals surface area (Å²) in [5.41, 5.74) is 2.50. The minimum absolute atomic E-state index is 0.0381. The van der Waals surface area contributed by atoms with Gasteiger partial charge in [0.05, 0.1) is 31.4 Å². The number of thiocarbonyl (C=S) groups is 1. The van der Waals surface area contributed by atoms with Crippen molar-refractivity contribution >= 4 is 52.1 Å². The number of anilines is 2. The largest absolute Gasteiger partial charge is 0.497 e. The van der Waals surface area contributed by atoms with Gasteiger partial charge in [0, 0.05) is 45.0 Å². The second kappa shape index (κ2) is 14.9. The van der Waals surface area contributed by atoms with E-state index in [9.17, 15) is 9.59 Å². The molecule has 3 aromatic carbocycles. The number of benzene rings is 3. The molecule has 11 heteroatoms. The van der Waals surface area contributed by atoms with Gasteiger partial charge in [-0.2, -0.15) is 0 Å². The van der Waals surface area contributed by atoms with Gasteiger partial charge in [0.2, 0.25) is 5.91 Å². The highest BCUT2D eigenvalue weighted by Gasteiger charge is 2.44. The lowest BCUT2D eigenvalue weighted by Crippen LogP contribution is -2.47. The first-order valence-corrected chi connectivity index (χ1v) is 15.6. The number of methoxy groups -OCH3 is 2. The van der Waals surface area contributed by atoms with Crippen LogP contribution in [0.1, 0.15) is 18.4 Å². The highest BCUT2D eigenvalue weighted by Crippen LogP contribution is 2.33. The molecule has 2 aliphatic rings. The maximum absolute atomic E-state index is 13.8. The maximum Gasteiger partial charge on any atom is 0.256 e. The summed E-state index contributed by atoms with van der Waals surface area (Å²) in [6.45, 7) is 6.39. The van der Waals surface area contributed by atoms with Gasteiger partial charge < -0.3 is 24.6 Å². The van der Waals surface area contributed by atoms with Crippen LogP contribution in [0.2, 0.25) is 5.02 Å². The van der Waals surface area contributed by atoms with Gasteiger partial charge in [-0.1, -0.05) is 41.9 Å². The molecule has 0 unspecified atom stereocenters. The van der Waals surface area contributed by atoms with Crippen LogP contribution < -0.4 is 19.7 Å². The Bertz CT molecular complexity index is 1450. The van der Waals surface area contributed by atoms with Gasteiger partial charge in [-0.3, -0.25) is 19.4 Å². The van der Waals surface area contributed by atoms with Crippen molar-refractivity contribution in [2.24, 2.45) is 0 Å². The lowest BCUT2D eigenvalue weighted by atomic mass is 10.1. The summed E-state index contributed by atoms with van der Waals surface area (Å²) in [6, 6.07) is 22.0. The number of carbonyl (C=O) groups excluding carboxylic acids is 2. The average molecular weight is 636 g/mol. The number of carbonyl (C=O) groups is 2. The van der Waals surface area contributed by atoms with E-state index in [0.717, 1.165) is 45.7 Å². The molecule has 0 bridgehead atoms. The third kappa shape index (κ3) is 7.68. The van der Waals surface area contributed by atoms with Crippen LogP contribution in [0.15, 0.2) is 72.8 Å². The highest BCUT2D eigenvalue weighted by molar-refractivity contribution is 7.80. The quantitative estimate of drug-likeness (QED) is 0.282. The van der Waals surface area contributed by atoms with E-state index >= 15 is 0 Å². The number of rotatable bonds is 12. The summed E-state index contributed by atoms with van der Waals surface area (Å²) in [5, 5.41) is 3.64.